The van der Waals surface area contributed by atoms with Gasteiger partial charge in [0.15, 0.2) is 0 Å². The molecule has 17 heavy (non-hydrogen) atoms. The molecule has 2 N–H and O–H groups in total. The van der Waals surface area contributed by atoms with Crippen LogP contribution in [0.15, 0.2) is 0 Å². The zero-order valence-corrected chi connectivity index (χ0v) is 11.9. The van der Waals surface area contributed by atoms with E-state index in [9.17, 15) is 0 Å². The first-order valence-corrected chi connectivity index (χ1v) is 6.84. The predicted octanol–water partition coefficient (Wildman–Crippen LogP) is 0.766. The Balaban J connectivity index is 2.58. The van der Waals surface area contributed by atoms with Crippen molar-refractivity contribution in [2.45, 2.75) is 39.3 Å². The minimum absolute atomic E-state index is 0.00982. The Kier molecular flexibility index (Phi) is 5.86. The van der Waals surface area contributed by atoms with E-state index >= 15 is 0 Å². The van der Waals surface area contributed by atoms with Crippen molar-refractivity contribution in [3.63, 3.8) is 0 Å². The van der Waals surface area contributed by atoms with Gasteiger partial charge in [-0.15, -0.1) is 0 Å². The van der Waals surface area contributed by atoms with Crippen LogP contribution < -0.4 is 5.73 Å². The second-order valence-corrected chi connectivity index (χ2v) is 5.26. The molecule has 1 heterocycles. The SMILES string of the molecule is CCOCC(C)(CN)N1CCN(CC)C(C)C1. The van der Waals surface area contributed by atoms with Crippen LogP contribution in [0.25, 0.3) is 0 Å². The van der Waals surface area contributed by atoms with Crippen LogP contribution in [0.5, 0.6) is 0 Å². The summed E-state index contributed by atoms with van der Waals surface area (Å²) in [5, 5.41) is 0. The highest BCUT2D eigenvalue weighted by Crippen LogP contribution is 2.20. The maximum Gasteiger partial charge on any atom is 0.0659 e. The second kappa shape index (κ2) is 6.69. The summed E-state index contributed by atoms with van der Waals surface area (Å²) in [4.78, 5) is 5.02. The molecule has 4 heteroatoms. The van der Waals surface area contributed by atoms with Crippen LogP contribution >= 0.6 is 0 Å². The van der Waals surface area contributed by atoms with Gasteiger partial charge in [-0.2, -0.15) is 0 Å². The van der Waals surface area contributed by atoms with Gasteiger partial charge in [0.25, 0.3) is 0 Å². The summed E-state index contributed by atoms with van der Waals surface area (Å²) in [6, 6.07) is 0.612. The van der Waals surface area contributed by atoms with E-state index in [1.54, 1.807) is 0 Å². The van der Waals surface area contributed by atoms with E-state index in [0.29, 0.717) is 12.6 Å². The van der Waals surface area contributed by atoms with Gasteiger partial charge in [0.1, 0.15) is 0 Å². The molecule has 1 aliphatic rings. The molecule has 1 saturated heterocycles. The summed E-state index contributed by atoms with van der Waals surface area (Å²) < 4.78 is 5.60. The summed E-state index contributed by atoms with van der Waals surface area (Å²) in [5.41, 5.74) is 5.95. The molecule has 0 spiro atoms. The van der Waals surface area contributed by atoms with Crippen molar-refractivity contribution in [2.75, 3.05) is 45.9 Å². The van der Waals surface area contributed by atoms with E-state index in [1.807, 2.05) is 6.92 Å². The molecule has 0 saturated carbocycles. The fourth-order valence-electron chi connectivity index (χ4n) is 2.56. The topological polar surface area (TPSA) is 41.7 Å². The van der Waals surface area contributed by atoms with E-state index in [1.165, 1.54) is 0 Å². The fourth-order valence-corrected chi connectivity index (χ4v) is 2.56. The number of likely N-dealkylation sites (N-methyl/N-ethyl adjacent to an activating group) is 1. The van der Waals surface area contributed by atoms with Crippen molar-refractivity contribution < 1.29 is 4.74 Å². The third-order valence-corrected chi connectivity index (χ3v) is 3.99. The average Bonchev–Trinajstić information content (AvgIpc) is 2.35. The van der Waals surface area contributed by atoms with Gasteiger partial charge in [-0.05, 0) is 27.3 Å². The molecule has 0 bridgehead atoms. The second-order valence-electron chi connectivity index (χ2n) is 5.26. The molecule has 4 nitrogen and oxygen atoms in total. The zero-order chi connectivity index (χ0) is 12.9. The van der Waals surface area contributed by atoms with Crippen molar-refractivity contribution in [3.05, 3.63) is 0 Å². The summed E-state index contributed by atoms with van der Waals surface area (Å²) in [7, 11) is 0. The number of hydrogen-bond donors (Lipinski definition) is 1. The van der Waals surface area contributed by atoms with Gasteiger partial charge in [0, 0.05) is 38.8 Å². The van der Waals surface area contributed by atoms with Crippen LogP contribution in [0.3, 0.4) is 0 Å². The molecule has 0 radical (unpaired) electrons. The molecule has 0 aromatic heterocycles. The number of nitrogens with two attached hydrogens (primary N) is 1. The lowest BCUT2D eigenvalue weighted by molar-refractivity contribution is -0.0290. The van der Waals surface area contributed by atoms with Crippen LogP contribution in [0.4, 0.5) is 0 Å². The molecular weight excluding hydrogens is 214 g/mol. The first-order valence-electron chi connectivity index (χ1n) is 6.84. The van der Waals surface area contributed by atoms with E-state index in [-0.39, 0.29) is 5.54 Å². The van der Waals surface area contributed by atoms with Gasteiger partial charge in [-0.25, -0.2) is 0 Å². The molecule has 0 aromatic rings. The minimum atomic E-state index is -0.00982. The monoisotopic (exact) mass is 243 g/mol. The lowest BCUT2D eigenvalue weighted by Crippen LogP contribution is -2.63. The van der Waals surface area contributed by atoms with E-state index in [4.69, 9.17) is 10.5 Å². The normalized spacial score (nSPS) is 27.0. The van der Waals surface area contributed by atoms with Crippen LogP contribution in [-0.2, 0) is 4.74 Å². The molecule has 0 amide bonds. The lowest BCUT2D eigenvalue weighted by atomic mass is 9.98. The largest absolute Gasteiger partial charge is 0.380 e. The number of rotatable bonds is 6. The minimum Gasteiger partial charge on any atom is -0.380 e. The van der Waals surface area contributed by atoms with E-state index < -0.39 is 0 Å². The van der Waals surface area contributed by atoms with Gasteiger partial charge in [-0.1, -0.05) is 6.92 Å². The third kappa shape index (κ3) is 3.65. The molecule has 0 aromatic carbocycles. The third-order valence-electron chi connectivity index (χ3n) is 3.99. The fraction of sp³-hybridized carbons (Fsp3) is 1.00. The summed E-state index contributed by atoms with van der Waals surface area (Å²) in [6.45, 7) is 15.4. The zero-order valence-electron chi connectivity index (χ0n) is 11.9. The van der Waals surface area contributed by atoms with Gasteiger partial charge >= 0.3 is 0 Å². The van der Waals surface area contributed by atoms with Crippen molar-refractivity contribution in [3.8, 4) is 0 Å². The van der Waals surface area contributed by atoms with Crippen LogP contribution in [-0.4, -0.2) is 67.3 Å². The van der Waals surface area contributed by atoms with Gasteiger partial charge < -0.3 is 10.5 Å². The molecule has 1 aliphatic heterocycles. The molecule has 102 valence electrons. The Morgan fingerprint density at radius 3 is 2.53 bits per heavy atom. The molecule has 1 fully saturated rings. The van der Waals surface area contributed by atoms with Crippen molar-refractivity contribution >= 4 is 0 Å². The highest BCUT2D eigenvalue weighted by molar-refractivity contribution is 4.92. The molecular formula is C13H29N3O. The lowest BCUT2D eigenvalue weighted by Gasteiger charge is -2.47. The average molecular weight is 243 g/mol. The van der Waals surface area contributed by atoms with Crippen LogP contribution in [0.2, 0.25) is 0 Å². The summed E-state index contributed by atoms with van der Waals surface area (Å²) in [5.74, 6) is 0. The molecule has 0 aliphatic carbocycles. The standard InChI is InChI=1S/C13H29N3O/c1-5-15-7-8-16(9-12(15)3)13(4,10-14)11-17-6-2/h12H,5-11,14H2,1-4H3. The van der Waals surface area contributed by atoms with Crippen LogP contribution in [0, 0.1) is 0 Å². The predicted molar refractivity (Wildman–Crippen MR) is 72.2 cm³/mol. The number of ether oxygens (including phenoxy) is 1. The van der Waals surface area contributed by atoms with E-state index in [2.05, 4.69) is 30.6 Å². The Hall–Kier alpha value is -0.160. The van der Waals surface area contributed by atoms with Gasteiger partial charge in [0.05, 0.1) is 12.1 Å². The quantitative estimate of drug-likeness (QED) is 0.748. The highest BCUT2D eigenvalue weighted by Gasteiger charge is 2.35. The van der Waals surface area contributed by atoms with E-state index in [0.717, 1.165) is 39.4 Å². The van der Waals surface area contributed by atoms with Crippen molar-refractivity contribution in [2.24, 2.45) is 5.73 Å². The van der Waals surface area contributed by atoms with Crippen molar-refractivity contribution in [1.82, 2.24) is 9.80 Å². The maximum absolute atomic E-state index is 5.96. The maximum atomic E-state index is 5.96. The number of hydrogen-bond acceptors (Lipinski definition) is 4. The molecule has 1 rings (SSSR count). The summed E-state index contributed by atoms with van der Waals surface area (Å²) >= 11 is 0. The summed E-state index contributed by atoms with van der Waals surface area (Å²) in [6.07, 6.45) is 0. The Bertz CT molecular complexity index is 225. The molecule has 2 atom stereocenters. The Labute approximate surface area is 106 Å². The Morgan fingerprint density at radius 1 is 1.35 bits per heavy atom. The van der Waals surface area contributed by atoms with Gasteiger partial charge in [0.2, 0.25) is 0 Å². The molecule has 2 unspecified atom stereocenters. The van der Waals surface area contributed by atoms with Crippen molar-refractivity contribution in [1.29, 1.82) is 0 Å². The first-order chi connectivity index (χ1) is 8.07. The Morgan fingerprint density at radius 2 is 2.06 bits per heavy atom. The van der Waals surface area contributed by atoms with Crippen LogP contribution in [0.1, 0.15) is 27.7 Å². The first kappa shape index (κ1) is 14.9. The number of piperazine rings is 1. The highest BCUT2D eigenvalue weighted by atomic mass is 16.5. The number of nitrogens with zero attached hydrogens (tertiary/aromatic N) is 2. The van der Waals surface area contributed by atoms with Gasteiger partial charge in [-0.3, -0.25) is 9.80 Å². The smallest absolute Gasteiger partial charge is 0.0659 e.